The number of anilines is 1. The van der Waals surface area contributed by atoms with E-state index in [2.05, 4.69) is 10.6 Å². The summed E-state index contributed by atoms with van der Waals surface area (Å²) in [6, 6.07) is 10.5. The van der Waals surface area contributed by atoms with E-state index in [1.54, 1.807) is 36.4 Å². The molecular formula is C16H11Cl2N3O3. The number of nitrogens with zero attached hydrogens (tertiary/aromatic N) is 1. The van der Waals surface area contributed by atoms with E-state index in [1.807, 2.05) is 0 Å². The maximum atomic E-state index is 12.2. The molecule has 0 aliphatic carbocycles. The van der Waals surface area contributed by atoms with E-state index in [0.717, 1.165) is 4.90 Å². The van der Waals surface area contributed by atoms with Gasteiger partial charge in [0.25, 0.3) is 11.8 Å². The van der Waals surface area contributed by atoms with Crippen LogP contribution in [0.1, 0.15) is 20.7 Å². The molecule has 0 atom stereocenters. The Bertz CT molecular complexity index is 819. The van der Waals surface area contributed by atoms with Gasteiger partial charge in [-0.1, -0.05) is 35.3 Å². The van der Waals surface area contributed by atoms with E-state index >= 15 is 0 Å². The van der Waals surface area contributed by atoms with E-state index in [4.69, 9.17) is 23.2 Å². The van der Waals surface area contributed by atoms with Crippen molar-refractivity contribution in [2.24, 2.45) is 0 Å². The van der Waals surface area contributed by atoms with Gasteiger partial charge in [-0.15, -0.1) is 0 Å². The van der Waals surface area contributed by atoms with Crippen LogP contribution in [0.5, 0.6) is 0 Å². The second-order valence-corrected chi connectivity index (χ2v) is 5.84. The first kappa shape index (κ1) is 16.3. The van der Waals surface area contributed by atoms with Crippen molar-refractivity contribution in [3.8, 4) is 0 Å². The van der Waals surface area contributed by atoms with Crippen LogP contribution in [-0.2, 0) is 0 Å². The molecular weight excluding hydrogens is 353 g/mol. The van der Waals surface area contributed by atoms with Crippen LogP contribution in [0.25, 0.3) is 0 Å². The Balaban J connectivity index is 1.63. The fraction of sp³-hybridized carbons (Fsp3) is 0.0625. The third kappa shape index (κ3) is 3.06. The molecule has 2 N–H and O–H groups in total. The average molecular weight is 364 g/mol. The number of urea groups is 1. The number of amides is 4. The molecule has 122 valence electrons. The van der Waals surface area contributed by atoms with Gasteiger partial charge in [0.05, 0.1) is 21.8 Å². The number of nitrogens with one attached hydrogen (secondary N) is 2. The normalized spacial score (nSPS) is 13.0. The molecule has 1 aliphatic heterocycles. The summed E-state index contributed by atoms with van der Waals surface area (Å²) in [4.78, 5) is 37.2. The van der Waals surface area contributed by atoms with E-state index in [0.29, 0.717) is 21.8 Å². The van der Waals surface area contributed by atoms with Gasteiger partial charge in [0.15, 0.2) is 0 Å². The second kappa shape index (κ2) is 6.51. The number of hydrogen-bond donors (Lipinski definition) is 2. The molecule has 24 heavy (non-hydrogen) atoms. The Labute approximate surface area is 147 Å². The van der Waals surface area contributed by atoms with Gasteiger partial charge in [0.2, 0.25) is 0 Å². The number of carbonyl (C=O) groups excluding carboxylic acids is 3. The monoisotopic (exact) mass is 363 g/mol. The highest BCUT2D eigenvalue weighted by Gasteiger charge is 2.35. The first-order chi connectivity index (χ1) is 11.5. The predicted octanol–water partition coefficient (Wildman–Crippen LogP) is 3.37. The lowest BCUT2D eigenvalue weighted by molar-refractivity contribution is 0.0648. The molecule has 2 aromatic rings. The maximum absolute atomic E-state index is 12.2. The van der Waals surface area contributed by atoms with Crippen LogP contribution in [-0.4, -0.2) is 29.4 Å². The van der Waals surface area contributed by atoms with E-state index in [1.165, 1.54) is 6.07 Å². The van der Waals surface area contributed by atoms with E-state index in [9.17, 15) is 14.4 Å². The largest absolute Gasteiger partial charge is 0.320 e. The smallest absolute Gasteiger partial charge is 0.320 e. The quantitative estimate of drug-likeness (QED) is 0.820. The average Bonchev–Trinajstić information content (AvgIpc) is 2.80. The van der Waals surface area contributed by atoms with Gasteiger partial charge >= 0.3 is 6.03 Å². The lowest BCUT2D eigenvalue weighted by atomic mass is 10.1. The Morgan fingerprint density at radius 1 is 1.00 bits per heavy atom. The molecule has 3 rings (SSSR count). The van der Waals surface area contributed by atoms with Crippen molar-refractivity contribution in [3.05, 3.63) is 63.6 Å². The molecule has 0 aromatic heterocycles. The topological polar surface area (TPSA) is 78.5 Å². The summed E-state index contributed by atoms with van der Waals surface area (Å²) in [6.45, 7) is -0.247. The van der Waals surface area contributed by atoms with Crippen molar-refractivity contribution in [1.29, 1.82) is 0 Å². The molecule has 6 nitrogen and oxygen atoms in total. The van der Waals surface area contributed by atoms with Crippen molar-refractivity contribution < 1.29 is 14.4 Å². The highest BCUT2D eigenvalue weighted by molar-refractivity contribution is 6.36. The molecule has 0 fully saturated rings. The Hall–Kier alpha value is -2.57. The van der Waals surface area contributed by atoms with Gasteiger partial charge in [-0.05, 0) is 30.3 Å². The molecule has 0 saturated heterocycles. The van der Waals surface area contributed by atoms with Gasteiger partial charge in [-0.3, -0.25) is 14.5 Å². The zero-order valence-electron chi connectivity index (χ0n) is 12.2. The van der Waals surface area contributed by atoms with Crippen molar-refractivity contribution in [1.82, 2.24) is 10.2 Å². The van der Waals surface area contributed by atoms with Crippen molar-refractivity contribution in [2.45, 2.75) is 0 Å². The van der Waals surface area contributed by atoms with Crippen LogP contribution < -0.4 is 10.6 Å². The molecule has 1 heterocycles. The summed E-state index contributed by atoms with van der Waals surface area (Å²) in [5, 5.41) is 5.69. The Kier molecular flexibility index (Phi) is 4.42. The molecule has 4 amide bonds. The number of fused-ring (bicyclic) bond motifs is 1. The Morgan fingerprint density at radius 3 is 2.21 bits per heavy atom. The van der Waals surface area contributed by atoms with Crippen LogP contribution in [0.4, 0.5) is 10.5 Å². The van der Waals surface area contributed by atoms with Gasteiger partial charge in [0, 0.05) is 5.02 Å². The minimum Gasteiger partial charge on any atom is -0.320 e. The van der Waals surface area contributed by atoms with Crippen molar-refractivity contribution in [2.75, 3.05) is 12.0 Å². The summed E-state index contributed by atoms with van der Waals surface area (Å²) in [5.74, 6) is -0.888. The zero-order chi connectivity index (χ0) is 17.3. The highest BCUT2D eigenvalue weighted by atomic mass is 35.5. The van der Waals surface area contributed by atoms with Crippen LogP contribution in [0.2, 0.25) is 10.0 Å². The van der Waals surface area contributed by atoms with Crippen LogP contribution in [0, 0.1) is 0 Å². The molecule has 0 bridgehead atoms. The van der Waals surface area contributed by atoms with Crippen LogP contribution in [0.3, 0.4) is 0 Å². The Morgan fingerprint density at radius 2 is 1.62 bits per heavy atom. The third-order valence-corrected chi connectivity index (χ3v) is 4.00. The molecule has 2 aromatic carbocycles. The highest BCUT2D eigenvalue weighted by Crippen LogP contribution is 2.25. The first-order valence-electron chi connectivity index (χ1n) is 6.92. The number of imide groups is 1. The summed E-state index contributed by atoms with van der Waals surface area (Å²) >= 11 is 11.7. The number of benzene rings is 2. The lowest BCUT2D eigenvalue weighted by Crippen LogP contribution is -2.42. The molecule has 8 heteroatoms. The maximum Gasteiger partial charge on any atom is 0.320 e. The minimum atomic E-state index is -0.601. The molecule has 0 unspecified atom stereocenters. The van der Waals surface area contributed by atoms with Crippen molar-refractivity contribution in [3.63, 3.8) is 0 Å². The summed E-state index contributed by atoms with van der Waals surface area (Å²) in [5.41, 5.74) is 1.01. The van der Waals surface area contributed by atoms with Crippen molar-refractivity contribution >= 4 is 46.7 Å². The number of rotatable bonds is 3. The second-order valence-electron chi connectivity index (χ2n) is 5.00. The number of halogens is 2. The van der Waals surface area contributed by atoms with Crippen LogP contribution >= 0.6 is 23.2 Å². The SMILES string of the molecule is O=C(NCN1C(=O)c2ccccc2C1=O)Nc1ccc(Cl)cc1Cl. The standard InChI is InChI=1S/C16H11Cl2N3O3/c17-9-5-6-13(12(18)7-9)20-16(24)19-8-21-14(22)10-3-1-2-4-11(10)15(21)23/h1-7H,8H2,(H2,19,20,24). The minimum absolute atomic E-state index is 0.247. The van der Waals surface area contributed by atoms with Gasteiger partial charge < -0.3 is 10.6 Å². The van der Waals surface area contributed by atoms with Crippen LogP contribution in [0.15, 0.2) is 42.5 Å². The molecule has 0 radical (unpaired) electrons. The summed E-state index contributed by atoms with van der Waals surface area (Å²) < 4.78 is 0. The van der Waals surface area contributed by atoms with E-state index < -0.39 is 17.8 Å². The van der Waals surface area contributed by atoms with Gasteiger partial charge in [-0.25, -0.2) is 4.79 Å². The summed E-state index contributed by atoms with van der Waals surface area (Å²) in [6.07, 6.45) is 0. The van der Waals surface area contributed by atoms with Gasteiger partial charge in [-0.2, -0.15) is 0 Å². The third-order valence-electron chi connectivity index (χ3n) is 3.46. The van der Waals surface area contributed by atoms with E-state index in [-0.39, 0.29) is 11.7 Å². The predicted molar refractivity (Wildman–Crippen MR) is 90.4 cm³/mol. The lowest BCUT2D eigenvalue weighted by Gasteiger charge is -2.15. The fourth-order valence-electron chi connectivity index (χ4n) is 2.29. The molecule has 0 spiro atoms. The first-order valence-corrected chi connectivity index (χ1v) is 7.68. The molecule has 1 aliphatic rings. The number of carbonyl (C=O) groups is 3. The number of hydrogen-bond acceptors (Lipinski definition) is 3. The van der Waals surface area contributed by atoms with Gasteiger partial charge in [0.1, 0.15) is 6.67 Å². The fourth-order valence-corrected chi connectivity index (χ4v) is 2.75. The molecule has 0 saturated carbocycles. The zero-order valence-corrected chi connectivity index (χ0v) is 13.7. The summed E-state index contributed by atoms with van der Waals surface area (Å²) in [7, 11) is 0.